The van der Waals surface area contributed by atoms with E-state index in [-0.39, 0.29) is 0 Å². The van der Waals surface area contributed by atoms with Gasteiger partial charge in [0.05, 0.1) is 0 Å². The van der Waals surface area contributed by atoms with Gasteiger partial charge >= 0.3 is 0 Å². The van der Waals surface area contributed by atoms with Gasteiger partial charge in [-0.05, 0) is 51.1 Å². The van der Waals surface area contributed by atoms with Crippen LogP contribution in [-0.4, -0.2) is 36.1 Å². The Morgan fingerprint density at radius 2 is 1.67 bits per heavy atom. The van der Waals surface area contributed by atoms with Crippen LogP contribution in [0.25, 0.3) is 0 Å². The summed E-state index contributed by atoms with van der Waals surface area (Å²) in [5, 5.41) is 3.69. The molecule has 2 unspecified atom stereocenters. The van der Waals surface area contributed by atoms with Gasteiger partial charge in [-0.1, -0.05) is 32.6 Å². The number of nitrogens with one attached hydrogen (secondary N) is 1. The Hall–Kier alpha value is -0.0800. The number of nitrogens with zero attached hydrogens (tertiary/aromatic N) is 1. The average Bonchev–Trinajstić information content (AvgIpc) is 2.27. The van der Waals surface area contributed by atoms with Crippen LogP contribution in [0.2, 0.25) is 0 Å². The zero-order chi connectivity index (χ0) is 12.4. The summed E-state index contributed by atoms with van der Waals surface area (Å²) in [6.45, 7) is 4.80. The first-order valence-electron chi connectivity index (χ1n) is 8.36. The van der Waals surface area contributed by atoms with Crippen LogP contribution in [0.5, 0.6) is 0 Å². The highest BCUT2D eigenvalue weighted by Gasteiger charge is 2.37. The Bertz CT molecular complexity index is 248. The van der Waals surface area contributed by atoms with Crippen LogP contribution in [0.4, 0.5) is 0 Å². The molecule has 1 aliphatic carbocycles. The van der Waals surface area contributed by atoms with Crippen molar-refractivity contribution in [2.75, 3.05) is 13.1 Å². The predicted molar refractivity (Wildman–Crippen MR) is 76.8 cm³/mol. The van der Waals surface area contributed by atoms with E-state index in [1.807, 2.05) is 0 Å². The summed E-state index contributed by atoms with van der Waals surface area (Å²) in [7, 11) is 0. The average molecular weight is 250 g/mol. The molecule has 1 saturated carbocycles. The molecule has 0 aromatic carbocycles. The van der Waals surface area contributed by atoms with E-state index in [1.165, 1.54) is 64.3 Å². The molecule has 2 aliphatic heterocycles. The summed E-state index contributed by atoms with van der Waals surface area (Å²) in [6, 6.07) is 2.62. The summed E-state index contributed by atoms with van der Waals surface area (Å²) in [4.78, 5) is 2.90. The van der Waals surface area contributed by atoms with Crippen LogP contribution in [0, 0.1) is 5.92 Å². The van der Waals surface area contributed by atoms with Crippen LogP contribution in [0.15, 0.2) is 0 Å². The molecular formula is C16H30N2. The van der Waals surface area contributed by atoms with Gasteiger partial charge in [0, 0.05) is 18.1 Å². The topological polar surface area (TPSA) is 15.3 Å². The van der Waals surface area contributed by atoms with E-state index in [4.69, 9.17) is 0 Å². The van der Waals surface area contributed by atoms with Gasteiger partial charge in [0.25, 0.3) is 0 Å². The molecule has 2 nitrogen and oxygen atoms in total. The molecule has 0 aromatic rings. The Morgan fingerprint density at radius 3 is 2.22 bits per heavy atom. The number of hydrogen-bond acceptors (Lipinski definition) is 2. The van der Waals surface area contributed by atoms with E-state index in [2.05, 4.69) is 17.1 Å². The lowest BCUT2D eigenvalue weighted by atomic mass is 9.79. The Morgan fingerprint density at radius 1 is 1.00 bits per heavy atom. The zero-order valence-electron chi connectivity index (χ0n) is 12.0. The van der Waals surface area contributed by atoms with Gasteiger partial charge in [0.2, 0.25) is 0 Å². The molecule has 2 bridgehead atoms. The maximum Gasteiger partial charge on any atom is 0.0113 e. The van der Waals surface area contributed by atoms with Crippen molar-refractivity contribution < 1.29 is 0 Å². The standard InChI is InChI=1S/C16H30N2/c1-2-17-14-11-15-7-4-8-16(12-14)18(15)10-9-13-5-3-6-13/h13-17H,2-12H2,1H3. The van der Waals surface area contributed by atoms with Gasteiger partial charge < -0.3 is 5.32 Å². The molecule has 2 heterocycles. The van der Waals surface area contributed by atoms with Crippen molar-refractivity contribution in [2.24, 2.45) is 5.92 Å². The summed E-state index contributed by atoms with van der Waals surface area (Å²) in [5.74, 6) is 1.08. The molecule has 3 rings (SSSR count). The van der Waals surface area contributed by atoms with E-state index >= 15 is 0 Å². The van der Waals surface area contributed by atoms with Gasteiger partial charge in [0.1, 0.15) is 0 Å². The second-order valence-electron chi connectivity index (χ2n) is 6.79. The molecule has 0 amide bonds. The molecule has 3 fully saturated rings. The third-order valence-electron chi connectivity index (χ3n) is 5.64. The van der Waals surface area contributed by atoms with E-state index in [0.29, 0.717) is 0 Å². The normalized spacial score (nSPS) is 37.5. The molecule has 18 heavy (non-hydrogen) atoms. The van der Waals surface area contributed by atoms with Crippen molar-refractivity contribution in [2.45, 2.75) is 82.8 Å². The van der Waals surface area contributed by atoms with E-state index in [9.17, 15) is 0 Å². The minimum absolute atomic E-state index is 0.810. The quantitative estimate of drug-likeness (QED) is 0.806. The highest BCUT2D eigenvalue weighted by atomic mass is 15.2. The minimum Gasteiger partial charge on any atom is -0.314 e. The lowest BCUT2D eigenvalue weighted by molar-refractivity contribution is 0.0176. The van der Waals surface area contributed by atoms with E-state index < -0.39 is 0 Å². The third kappa shape index (κ3) is 2.75. The van der Waals surface area contributed by atoms with Gasteiger partial charge in [0.15, 0.2) is 0 Å². The Balaban J connectivity index is 1.53. The summed E-state index contributed by atoms with van der Waals surface area (Å²) >= 11 is 0. The molecule has 3 aliphatic rings. The Labute approximate surface area is 113 Å². The van der Waals surface area contributed by atoms with Crippen LogP contribution >= 0.6 is 0 Å². The van der Waals surface area contributed by atoms with Crippen molar-refractivity contribution in [1.29, 1.82) is 0 Å². The minimum atomic E-state index is 0.810. The second kappa shape index (κ2) is 5.92. The summed E-state index contributed by atoms with van der Waals surface area (Å²) in [5.41, 5.74) is 0. The fourth-order valence-electron chi connectivity index (χ4n) is 4.41. The molecule has 0 aromatic heterocycles. The van der Waals surface area contributed by atoms with Crippen molar-refractivity contribution in [3.63, 3.8) is 0 Å². The first-order valence-corrected chi connectivity index (χ1v) is 8.36. The predicted octanol–water partition coefficient (Wildman–Crippen LogP) is 3.17. The molecule has 2 saturated heterocycles. The monoisotopic (exact) mass is 250 g/mol. The third-order valence-corrected chi connectivity index (χ3v) is 5.64. The lowest BCUT2D eigenvalue weighted by Crippen LogP contribution is -2.56. The molecule has 1 N–H and O–H groups in total. The molecule has 0 radical (unpaired) electrons. The highest BCUT2D eigenvalue weighted by Crippen LogP contribution is 2.36. The van der Waals surface area contributed by atoms with Crippen molar-refractivity contribution in [1.82, 2.24) is 10.2 Å². The highest BCUT2D eigenvalue weighted by molar-refractivity contribution is 4.95. The second-order valence-corrected chi connectivity index (χ2v) is 6.79. The first kappa shape index (κ1) is 12.9. The molecule has 2 heteroatoms. The van der Waals surface area contributed by atoms with Crippen LogP contribution in [0.1, 0.15) is 64.7 Å². The van der Waals surface area contributed by atoms with Crippen molar-refractivity contribution in [3.05, 3.63) is 0 Å². The molecule has 2 atom stereocenters. The smallest absolute Gasteiger partial charge is 0.0113 e. The lowest BCUT2D eigenvalue weighted by Gasteiger charge is -2.49. The fourth-order valence-corrected chi connectivity index (χ4v) is 4.41. The Kier molecular flexibility index (Phi) is 4.25. The maximum atomic E-state index is 3.69. The first-order chi connectivity index (χ1) is 8.86. The number of fused-ring (bicyclic) bond motifs is 2. The number of hydrogen-bond donors (Lipinski definition) is 1. The SMILES string of the molecule is CCNC1CC2CCCC(C1)N2CCC1CCC1. The van der Waals surface area contributed by atoms with Crippen LogP contribution in [-0.2, 0) is 0 Å². The van der Waals surface area contributed by atoms with Crippen LogP contribution in [0.3, 0.4) is 0 Å². The summed E-state index contributed by atoms with van der Waals surface area (Å²) in [6.07, 6.45) is 13.2. The number of piperidine rings is 2. The van der Waals surface area contributed by atoms with Gasteiger partial charge in [-0.3, -0.25) is 4.90 Å². The molecular weight excluding hydrogens is 220 g/mol. The van der Waals surface area contributed by atoms with Gasteiger partial charge in [-0.15, -0.1) is 0 Å². The van der Waals surface area contributed by atoms with Gasteiger partial charge in [-0.2, -0.15) is 0 Å². The van der Waals surface area contributed by atoms with Crippen molar-refractivity contribution >= 4 is 0 Å². The van der Waals surface area contributed by atoms with E-state index in [1.54, 1.807) is 0 Å². The summed E-state index contributed by atoms with van der Waals surface area (Å²) < 4.78 is 0. The fraction of sp³-hybridized carbons (Fsp3) is 1.00. The van der Waals surface area contributed by atoms with E-state index in [0.717, 1.165) is 30.6 Å². The zero-order valence-corrected chi connectivity index (χ0v) is 12.0. The van der Waals surface area contributed by atoms with Crippen molar-refractivity contribution in [3.8, 4) is 0 Å². The van der Waals surface area contributed by atoms with Crippen LogP contribution < -0.4 is 5.32 Å². The molecule has 0 spiro atoms. The van der Waals surface area contributed by atoms with Gasteiger partial charge in [-0.25, -0.2) is 0 Å². The molecule has 104 valence electrons. The number of rotatable bonds is 5. The largest absolute Gasteiger partial charge is 0.314 e. The maximum absolute atomic E-state index is 3.69.